The summed E-state index contributed by atoms with van der Waals surface area (Å²) in [6.45, 7) is 2.85. The Labute approximate surface area is 169 Å². The Morgan fingerprint density at radius 3 is 2.71 bits per heavy atom. The summed E-state index contributed by atoms with van der Waals surface area (Å²) >= 11 is 5.96. The average Bonchev–Trinajstić information content (AvgIpc) is 3.12. The Morgan fingerprint density at radius 1 is 1.18 bits per heavy atom. The molecule has 0 aliphatic carbocycles. The van der Waals surface area contributed by atoms with Crippen LogP contribution in [0.25, 0.3) is 0 Å². The van der Waals surface area contributed by atoms with E-state index in [2.05, 4.69) is 16.7 Å². The number of rotatable bonds is 5. The molecule has 2 N–H and O–H groups in total. The number of halogens is 1. The van der Waals surface area contributed by atoms with E-state index in [0.29, 0.717) is 23.9 Å². The van der Waals surface area contributed by atoms with Crippen molar-refractivity contribution in [3.63, 3.8) is 0 Å². The molecule has 2 aromatic carbocycles. The fourth-order valence-corrected chi connectivity index (χ4v) is 3.36. The van der Waals surface area contributed by atoms with Gasteiger partial charge in [-0.15, -0.1) is 0 Å². The summed E-state index contributed by atoms with van der Waals surface area (Å²) in [5.74, 6) is -0.484. The maximum absolute atomic E-state index is 12.3. The first-order valence-corrected chi connectivity index (χ1v) is 9.50. The van der Waals surface area contributed by atoms with Crippen LogP contribution < -0.4 is 15.4 Å². The van der Waals surface area contributed by atoms with Crippen LogP contribution in [-0.2, 0) is 16.0 Å². The van der Waals surface area contributed by atoms with Crippen LogP contribution in [-0.4, -0.2) is 44.0 Å². The molecule has 0 saturated carbocycles. The molecule has 0 radical (unpaired) electrons. The van der Waals surface area contributed by atoms with Crippen molar-refractivity contribution in [1.29, 1.82) is 0 Å². The summed E-state index contributed by atoms with van der Waals surface area (Å²) in [7, 11) is 3.88. The number of hydrogen-bond donors (Lipinski definition) is 2. The lowest BCUT2D eigenvalue weighted by Crippen LogP contribution is -2.40. The number of amides is 2. The van der Waals surface area contributed by atoms with Crippen molar-refractivity contribution in [3.05, 3.63) is 58.1 Å². The molecule has 6 nitrogen and oxygen atoms in total. The Bertz CT molecular complexity index is 898. The Morgan fingerprint density at radius 2 is 1.96 bits per heavy atom. The van der Waals surface area contributed by atoms with Crippen molar-refractivity contribution in [3.8, 4) is 5.75 Å². The summed E-state index contributed by atoms with van der Waals surface area (Å²) in [5.41, 5.74) is 3.60. The molecule has 0 fully saturated rings. The van der Waals surface area contributed by atoms with Crippen LogP contribution in [0, 0.1) is 6.92 Å². The number of aryl methyl sites for hydroxylation is 1. The highest BCUT2D eigenvalue weighted by atomic mass is 35.5. The lowest BCUT2D eigenvalue weighted by atomic mass is 10.0. The maximum atomic E-state index is 12.3. The zero-order valence-electron chi connectivity index (χ0n) is 16.2. The molecule has 1 aliphatic rings. The molecule has 2 amide bonds. The lowest BCUT2D eigenvalue weighted by Gasteiger charge is -2.25. The third-order valence-corrected chi connectivity index (χ3v) is 5.07. The van der Waals surface area contributed by atoms with Gasteiger partial charge < -0.3 is 20.3 Å². The standard InChI is InChI=1S/C21H24ClN3O3/c1-13-4-6-16(22)11-17(13)24-21(27)20(26)23-12-18(25(2)3)14-5-7-19-15(10-14)8-9-28-19/h4-7,10-11,18H,8-9,12H2,1-3H3,(H,23,26)(H,24,27). The van der Waals surface area contributed by atoms with Crippen molar-refractivity contribution in [2.75, 3.05) is 32.6 Å². The summed E-state index contributed by atoms with van der Waals surface area (Å²) in [4.78, 5) is 26.6. The Kier molecular flexibility index (Phi) is 6.21. The molecule has 1 heterocycles. The van der Waals surface area contributed by atoms with E-state index in [1.165, 1.54) is 5.56 Å². The summed E-state index contributed by atoms with van der Waals surface area (Å²) in [6, 6.07) is 11.1. The second-order valence-electron chi connectivity index (χ2n) is 7.07. The minimum Gasteiger partial charge on any atom is -0.493 e. The van der Waals surface area contributed by atoms with E-state index in [-0.39, 0.29) is 6.04 Å². The van der Waals surface area contributed by atoms with Gasteiger partial charge in [-0.1, -0.05) is 29.8 Å². The molecule has 1 atom stereocenters. The lowest BCUT2D eigenvalue weighted by molar-refractivity contribution is -0.136. The van der Waals surface area contributed by atoms with E-state index < -0.39 is 11.8 Å². The van der Waals surface area contributed by atoms with Gasteiger partial charge in [0.15, 0.2) is 0 Å². The van der Waals surface area contributed by atoms with Crippen molar-refractivity contribution in [2.45, 2.75) is 19.4 Å². The number of ether oxygens (including phenoxy) is 1. The van der Waals surface area contributed by atoms with Crippen molar-refractivity contribution < 1.29 is 14.3 Å². The van der Waals surface area contributed by atoms with E-state index in [0.717, 1.165) is 23.3 Å². The molecule has 0 spiro atoms. The number of anilines is 1. The van der Waals surface area contributed by atoms with Crippen LogP contribution >= 0.6 is 11.6 Å². The van der Waals surface area contributed by atoms with Gasteiger partial charge in [0.2, 0.25) is 0 Å². The van der Waals surface area contributed by atoms with E-state index in [1.54, 1.807) is 18.2 Å². The maximum Gasteiger partial charge on any atom is 0.313 e. The molecule has 7 heteroatoms. The van der Waals surface area contributed by atoms with Gasteiger partial charge in [0, 0.05) is 23.7 Å². The van der Waals surface area contributed by atoms with Gasteiger partial charge in [-0.2, -0.15) is 0 Å². The smallest absolute Gasteiger partial charge is 0.313 e. The third-order valence-electron chi connectivity index (χ3n) is 4.83. The van der Waals surface area contributed by atoms with Crippen LogP contribution in [0.1, 0.15) is 22.7 Å². The quantitative estimate of drug-likeness (QED) is 0.756. The van der Waals surface area contributed by atoms with E-state index in [9.17, 15) is 9.59 Å². The zero-order valence-corrected chi connectivity index (χ0v) is 17.0. The van der Waals surface area contributed by atoms with Gasteiger partial charge in [0.25, 0.3) is 0 Å². The van der Waals surface area contributed by atoms with Crippen LogP contribution in [0.3, 0.4) is 0 Å². The third kappa shape index (κ3) is 4.64. The normalized spacial score (nSPS) is 13.6. The molecular weight excluding hydrogens is 378 g/mol. The first-order chi connectivity index (χ1) is 13.3. The minimum absolute atomic E-state index is 0.0597. The van der Waals surface area contributed by atoms with Gasteiger partial charge in [0.1, 0.15) is 5.75 Å². The number of hydrogen-bond acceptors (Lipinski definition) is 4. The second-order valence-corrected chi connectivity index (χ2v) is 7.50. The number of carbonyl (C=O) groups is 2. The molecule has 2 aromatic rings. The highest BCUT2D eigenvalue weighted by molar-refractivity contribution is 6.40. The number of carbonyl (C=O) groups excluding carboxylic acids is 2. The first kappa shape index (κ1) is 20.2. The van der Waals surface area contributed by atoms with Gasteiger partial charge in [-0.25, -0.2) is 0 Å². The van der Waals surface area contributed by atoms with Crippen molar-refractivity contribution in [2.24, 2.45) is 0 Å². The largest absolute Gasteiger partial charge is 0.493 e. The van der Waals surface area contributed by atoms with Crippen LogP contribution in [0.4, 0.5) is 5.69 Å². The Balaban J connectivity index is 1.64. The first-order valence-electron chi connectivity index (χ1n) is 9.12. The van der Waals surface area contributed by atoms with Gasteiger partial charge in [0.05, 0.1) is 12.6 Å². The monoisotopic (exact) mass is 401 g/mol. The predicted molar refractivity (Wildman–Crippen MR) is 110 cm³/mol. The summed E-state index contributed by atoms with van der Waals surface area (Å²) in [5, 5.41) is 5.83. The SMILES string of the molecule is Cc1ccc(Cl)cc1NC(=O)C(=O)NCC(c1ccc2c(c1)CCO2)N(C)C. The average molecular weight is 402 g/mol. The number of fused-ring (bicyclic) bond motifs is 1. The molecule has 0 saturated heterocycles. The fourth-order valence-electron chi connectivity index (χ4n) is 3.19. The Hall–Kier alpha value is -2.57. The molecule has 1 aliphatic heterocycles. The summed E-state index contributed by atoms with van der Waals surface area (Å²) in [6.07, 6.45) is 0.886. The molecule has 28 heavy (non-hydrogen) atoms. The molecule has 3 rings (SSSR count). The number of likely N-dealkylation sites (N-methyl/N-ethyl adjacent to an activating group) is 1. The molecule has 0 aromatic heterocycles. The number of benzene rings is 2. The number of nitrogens with one attached hydrogen (secondary N) is 2. The second kappa shape index (κ2) is 8.63. The molecule has 1 unspecified atom stereocenters. The van der Waals surface area contributed by atoms with Crippen LogP contribution in [0.2, 0.25) is 5.02 Å². The summed E-state index contributed by atoms with van der Waals surface area (Å²) < 4.78 is 5.55. The molecule has 148 valence electrons. The van der Waals surface area contributed by atoms with E-state index in [1.807, 2.05) is 38.1 Å². The van der Waals surface area contributed by atoms with Crippen molar-refractivity contribution in [1.82, 2.24) is 10.2 Å². The van der Waals surface area contributed by atoms with Crippen LogP contribution in [0.15, 0.2) is 36.4 Å². The van der Waals surface area contributed by atoms with Gasteiger partial charge in [-0.05, 0) is 55.9 Å². The van der Waals surface area contributed by atoms with Gasteiger partial charge in [-0.3, -0.25) is 9.59 Å². The van der Waals surface area contributed by atoms with Crippen molar-refractivity contribution >= 4 is 29.1 Å². The fraction of sp³-hybridized carbons (Fsp3) is 0.333. The van der Waals surface area contributed by atoms with E-state index >= 15 is 0 Å². The minimum atomic E-state index is -0.717. The van der Waals surface area contributed by atoms with E-state index in [4.69, 9.17) is 16.3 Å². The molecule has 0 bridgehead atoms. The highest BCUT2D eigenvalue weighted by Crippen LogP contribution is 2.29. The zero-order chi connectivity index (χ0) is 20.3. The predicted octanol–water partition coefficient (Wildman–Crippen LogP) is 2.94. The number of nitrogens with zero attached hydrogens (tertiary/aromatic N) is 1. The topological polar surface area (TPSA) is 70.7 Å². The highest BCUT2D eigenvalue weighted by Gasteiger charge is 2.21. The van der Waals surface area contributed by atoms with Crippen LogP contribution in [0.5, 0.6) is 5.75 Å². The molecular formula is C21H24ClN3O3. The van der Waals surface area contributed by atoms with Gasteiger partial charge >= 0.3 is 11.8 Å².